The Kier molecular flexibility index (Phi) is 4.46. The van der Waals surface area contributed by atoms with E-state index in [1.807, 2.05) is 18.2 Å². The molecule has 0 radical (unpaired) electrons. The molecule has 104 valence electrons. The van der Waals surface area contributed by atoms with Crippen molar-refractivity contribution in [3.63, 3.8) is 0 Å². The van der Waals surface area contributed by atoms with Crippen molar-refractivity contribution >= 4 is 23.0 Å². The summed E-state index contributed by atoms with van der Waals surface area (Å²) >= 11 is 0. The van der Waals surface area contributed by atoms with Gasteiger partial charge in [0.05, 0.1) is 24.0 Å². The molecule has 2 aromatic heterocycles. The Hall–Kier alpha value is -3.39. The highest BCUT2D eigenvalue weighted by molar-refractivity contribution is 5.78. The van der Waals surface area contributed by atoms with Gasteiger partial charge in [0.25, 0.3) is 0 Å². The maximum atomic E-state index is 8.81. The lowest BCUT2D eigenvalue weighted by Crippen LogP contribution is -2.26. The van der Waals surface area contributed by atoms with Crippen LogP contribution in [0.3, 0.4) is 0 Å². The Labute approximate surface area is 121 Å². The first kappa shape index (κ1) is 14.0. The average Bonchev–Trinajstić information content (AvgIpc) is 2.50. The minimum Gasteiger partial charge on any atom is -0.393 e. The van der Waals surface area contributed by atoms with Gasteiger partial charge in [0.15, 0.2) is 11.6 Å². The van der Waals surface area contributed by atoms with Gasteiger partial charge in [0.1, 0.15) is 25.1 Å². The van der Waals surface area contributed by atoms with E-state index in [4.69, 9.17) is 16.3 Å². The fourth-order valence-electron chi connectivity index (χ4n) is 1.69. The van der Waals surface area contributed by atoms with Gasteiger partial charge in [0.2, 0.25) is 0 Å². The van der Waals surface area contributed by atoms with Crippen molar-refractivity contribution in [2.24, 2.45) is 0 Å². The summed E-state index contributed by atoms with van der Waals surface area (Å²) in [5, 5.41) is 20.6. The summed E-state index contributed by atoms with van der Waals surface area (Å²) in [5.74, 6) is 0.744. The van der Waals surface area contributed by atoms with E-state index in [2.05, 4.69) is 20.3 Å². The Morgan fingerprint density at radius 2 is 2.00 bits per heavy atom. The molecule has 2 aromatic rings. The minimum atomic E-state index is 0.0150. The number of anilines is 4. The zero-order valence-electron chi connectivity index (χ0n) is 11.1. The standard InChI is InChI=1S/C13H12N8/c14-3-6-21(7-4-15)13-11(16)12(18-9-19-13)20-10-2-1-5-17-8-10/h1-2,5,8-9H,6-7,16H2,(H,18,19,20). The van der Waals surface area contributed by atoms with Crippen LogP contribution in [0.1, 0.15) is 0 Å². The molecule has 0 amide bonds. The highest BCUT2D eigenvalue weighted by Crippen LogP contribution is 2.27. The lowest BCUT2D eigenvalue weighted by Gasteiger charge is -2.19. The Balaban J connectivity index is 2.31. The van der Waals surface area contributed by atoms with Crippen LogP contribution in [0.25, 0.3) is 0 Å². The summed E-state index contributed by atoms with van der Waals surface area (Å²) in [6, 6.07) is 7.54. The molecule has 21 heavy (non-hydrogen) atoms. The van der Waals surface area contributed by atoms with Crippen molar-refractivity contribution in [3.8, 4) is 12.1 Å². The maximum absolute atomic E-state index is 8.81. The molecule has 8 heteroatoms. The van der Waals surface area contributed by atoms with E-state index in [0.717, 1.165) is 5.69 Å². The third-order valence-corrected chi connectivity index (χ3v) is 2.61. The first-order valence-corrected chi connectivity index (χ1v) is 6.02. The molecule has 8 nitrogen and oxygen atoms in total. The quantitative estimate of drug-likeness (QED) is 0.778. The number of rotatable bonds is 5. The molecule has 0 spiro atoms. The molecule has 0 aliphatic heterocycles. The summed E-state index contributed by atoms with van der Waals surface area (Å²) in [7, 11) is 0. The molecule has 0 saturated carbocycles. The molecule has 0 aliphatic carbocycles. The first-order chi connectivity index (χ1) is 10.3. The van der Waals surface area contributed by atoms with E-state index in [-0.39, 0.29) is 18.8 Å². The van der Waals surface area contributed by atoms with Crippen LogP contribution in [-0.2, 0) is 0 Å². The Bertz CT molecular complexity index is 670. The number of nitriles is 2. The van der Waals surface area contributed by atoms with Crippen molar-refractivity contribution in [1.29, 1.82) is 10.5 Å². The number of nitrogens with two attached hydrogens (primary N) is 1. The van der Waals surface area contributed by atoms with E-state index in [1.165, 1.54) is 11.2 Å². The van der Waals surface area contributed by atoms with E-state index in [9.17, 15) is 0 Å². The number of nitrogens with zero attached hydrogens (tertiary/aromatic N) is 6. The van der Waals surface area contributed by atoms with Gasteiger partial charge < -0.3 is 16.0 Å². The van der Waals surface area contributed by atoms with Gasteiger partial charge in [-0.05, 0) is 12.1 Å². The van der Waals surface area contributed by atoms with Gasteiger partial charge in [0, 0.05) is 6.20 Å². The van der Waals surface area contributed by atoms with Gasteiger partial charge in [-0.15, -0.1) is 0 Å². The number of nitrogen functional groups attached to an aromatic ring is 1. The lowest BCUT2D eigenvalue weighted by atomic mass is 10.3. The smallest absolute Gasteiger partial charge is 0.159 e. The van der Waals surface area contributed by atoms with Crippen LogP contribution >= 0.6 is 0 Å². The second-order valence-corrected chi connectivity index (χ2v) is 4.00. The number of nitrogens with one attached hydrogen (secondary N) is 1. The molecular formula is C13H12N8. The molecular weight excluding hydrogens is 268 g/mol. The van der Waals surface area contributed by atoms with Crippen molar-refractivity contribution in [2.75, 3.05) is 29.0 Å². The van der Waals surface area contributed by atoms with Crippen LogP contribution in [-0.4, -0.2) is 28.0 Å². The largest absolute Gasteiger partial charge is 0.393 e. The Morgan fingerprint density at radius 1 is 1.24 bits per heavy atom. The van der Waals surface area contributed by atoms with Crippen LogP contribution < -0.4 is 16.0 Å². The highest BCUT2D eigenvalue weighted by Gasteiger charge is 2.15. The third-order valence-electron chi connectivity index (χ3n) is 2.61. The zero-order valence-corrected chi connectivity index (χ0v) is 11.1. The van der Waals surface area contributed by atoms with Gasteiger partial charge >= 0.3 is 0 Å². The SMILES string of the molecule is N#CCN(CC#N)c1ncnc(Nc2cccnc2)c1N. The molecule has 2 heterocycles. The summed E-state index contributed by atoms with van der Waals surface area (Å²) in [4.78, 5) is 13.6. The predicted octanol–water partition coefficient (Wildman–Crippen LogP) is 1.05. The first-order valence-electron chi connectivity index (χ1n) is 6.02. The maximum Gasteiger partial charge on any atom is 0.159 e. The van der Waals surface area contributed by atoms with Crippen molar-refractivity contribution < 1.29 is 0 Å². The van der Waals surface area contributed by atoms with Gasteiger partial charge in [-0.25, -0.2) is 9.97 Å². The fourth-order valence-corrected chi connectivity index (χ4v) is 1.69. The Morgan fingerprint density at radius 3 is 2.62 bits per heavy atom. The van der Waals surface area contributed by atoms with Crippen LogP contribution in [0.4, 0.5) is 23.0 Å². The van der Waals surface area contributed by atoms with E-state index < -0.39 is 0 Å². The summed E-state index contributed by atoms with van der Waals surface area (Å²) in [6.07, 6.45) is 4.61. The normalized spacial score (nSPS) is 9.43. The average molecular weight is 280 g/mol. The van der Waals surface area contributed by atoms with Crippen molar-refractivity contribution in [1.82, 2.24) is 15.0 Å². The molecule has 0 atom stereocenters. The lowest BCUT2D eigenvalue weighted by molar-refractivity contribution is 0.929. The van der Waals surface area contributed by atoms with Crippen molar-refractivity contribution in [2.45, 2.75) is 0 Å². The molecule has 0 aromatic carbocycles. The molecule has 2 rings (SSSR count). The topological polar surface area (TPSA) is 128 Å². The number of hydrogen-bond donors (Lipinski definition) is 2. The zero-order chi connectivity index (χ0) is 15.1. The van der Waals surface area contributed by atoms with Crippen LogP contribution in [0.2, 0.25) is 0 Å². The number of hydrogen-bond acceptors (Lipinski definition) is 8. The van der Waals surface area contributed by atoms with Crippen LogP contribution in [0, 0.1) is 22.7 Å². The van der Waals surface area contributed by atoms with Gasteiger partial charge in [-0.2, -0.15) is 10.5 Å². The van der Waals surface area contributed by atoms with Crippen molar-refractivity contribution in [3.05, 3.63) is 30.9 Å². The van der Waals surface area contributed by atoms with E-state index >= 15 is 0 Å². The summed E-state index contributed by atoms with van der Waals surface area (Å²) in [5.41, 5.74) is 7.02. The van der Waals surface area contributed by atoms with Gasteiger partial charge in [-0.1, -0.05) is 0 Å². The number of pyridine rings is 1. The fraction of sp³-hybridized carbons (Fsp3) is 0.154. The van der Waals surface area contributed by atoms with E-state index in [0.29, 0.717) is 11.6 Å². The summed E-state index contributed by atoms with van der Waals surface area (Å²) < 4.78 is 0. The molecule has 0 aliphatic rings. The monoisotopic (exact) mass is 280 g/mol. The molecule has 0 saturated heterocycles. The van der Waals surface area contributed by atoms with Crippen LogP contribution in [0.5, 0.6) is 0 Å². The minimum absolute atomic E-state index is 0.0150. The molecule has 0 fully saturated rings. The third kappa shape index (κ3) is 3.33. The predicted molar refractivity (Wildman–Crippen MR) is 77.4 cm³/mol. The number of aromatic nitrogens is 3. The second kappa shape index (κ2) is 6.68. The second-order valence-electron chi connectivity index (χ2n) is 4.00. The molecule has 3 N–H and O–H groups in total. The highest BCUT2D eigenvalue weighted by atomic mass is 15.2. The van der Waals surface area contributed by atoms with Crippen LogP contribution in [0.15, 0.2) is 30.9 Å². The van der Waals surface area contributed by atoms with E-state index in [1.54, 1.807) is 18.5 Å². The van der Waals surface area contributed by atoms with Gasteiger partial charge in [-0.3, -0.25) is 4.98 Å². The molecule has 0 bridgehead atoms. The molecule has 0 unspecified atom stereocenters. The summed E-state index contributed by atoms with van der Waals surface area (Å²) in [6.45, 7) is 0.0300.